The molecule has 11 heavy (non-hydrogen) atoms. The Bertz CT molecular complexity index is 211. The molecule has 0 bridgehead atoms. The maximum atomic E-state index is 10.0. The van der Waals surface area contributed by atoms with Crippen LogP contribution < -0.4 is 0 Å². The second-order valence-corrected chi connectivity index (χ2v) is 4.21. The summed E-state index contributed by atoms with van der Waals surface area (Å²) in [5, 5.41) is 10.0. The number of hydrogen-bond donors (Lipinski definition) is 1. The summed E-state index contributed by atoms with van der Waals surface area (Å²) in [6.45, 7) is 4.13. The monoisotopic (exact) mass is 216 g/mol. The Morgan fingerprint density at radius 3 is 2.36 bits per heavy atom. The van der Waals surface area contributed by atoms with E-state index < -0.39 is 5.60 Å². The van der Waals surface area contributed by atoms with Gasteiger partial charge in [-0.1, -0.05) is 19.8 Å². The predicted octanol–water partition coefficient (Wildman–Crippen LogP) is 2.28. The summed E-state index contributed by atoms with van der Waals surface area (Å²) in [4.78, 5) is 2.62. The molecule has 1 rings (SSSR count). The Hall–Kier alpha value is 0. The van der Waals surface area contributed by atoms with E-state index in [2.05, 4.69) is 40.5 Å². The van der Waals surface area contributed by atoms with Crippen molar-refractivity contribution in [1.82, 2.24) is 0 Å². The molecule has 0 aromatic heterocycles. The second-order valence-electron chi connectivity index (χ2n) is 3.82. The van der Waals surface area contributed by atoms with E-state index >= 15 is 0 Å². The Morgan fingerprint density at radius 1 is 1.36 bits per heavy atom. The van der Waals surface area contributed by atoms with Crippen molar-refractivity contribution in [2.45, 2.75) is 38.7 Å². The van der Waals surface area contributed by atoms with Gasteiger partial charge in [-0.2, -0.15) is 0 Å². The smallest absolute Gasteiger partial charge is 0.131 e. The van der Waals surface area contributed by atoms with Gasteiger partial charge in [0.2, 0.25) is 0 Å². The molecule has 1 unspecified atom stereocenters. The van der Waals surface area contributed by atoms with E-state index in [4.69, 9.17) is 0 Å². The van der Waals surface area contributed by atoms with Crippen LogP contribution in [-0.2, 0) is 0 Å². The van der Waals surface area contributed by atoms with Gasteiger partial charge >= 0.3 is 0 Å². The standard InChI is InChI=1S/C9H13BrO/c1-8(2)4-3-5-9(8,11)6-7-10/h11H,3-5H2,1-2H3. The molecule has 2 heteroatoms. The summed E-state index contributed by atoms with van der Waals surface area (Å²) in [6.07, 6.45) is 2.94. The lowest BCUT2D eigenvalue weighted by Gasteiger charge is -2.31. The molecule has 0 heterocycles. The minimum atomic E-state index is -0.767. The summed E-state index contributed by atoms with van der Waals surface area (Å²) in [5.74, 6) is 2.83. The average Bonchev–Trinajstić information content (AvgIpc) is 2.09. The van der Waals surface area contributed by atoms with Gasteiger partial charge in [-0.3, -0.25) is 0 Å². The van der Waals surface area contributed by atoms with Gasteiger partial charge in [0, 0.05) is 21.3 Å². The van der Waals surface area contributed by atoms with Crippen molar-refractivity contribution in [2.24, 2.45) is 5.41 Å². The van der Waals surface area contributed by atoms with E-state index in [1.807, 2.05) is 0 Å². The molecule has 1 saturated carbocycles. The normalized spacial score (nSPS) is 34.5. The van der Waals surface area contributed by atoms with Gasteiger partial charge in [0.15, 0.2) is 0 Å². The summed E-state index contributed by atoms with van der Waals surface area (Å²) < 4.78 is 0. The molecule has 0 aliphatic heterocycles. The van der Waals surface area contributed by atoms with Crippen molar-refractivity contribution in [2.75, 3.05) is 0 Å². The van der Waals surface area contributed by atoms with Crippen LogP contribution in [-0.4, -0.2) is 10.7 Å². The summed E-state index contributed by atoms with van der Waals surface area (Å²) in [7, 11) is 0. The van der Waals surface area contributed by atoms with E-state index in [0.717, 1.165) is 19.3 Å². The third-order valence-corrected chi connectivity index (χ3v) is 2.91. The largest absolute Gasteiger partial charge is 0.377 e. The van der Waals surface area contributed by atoms with Crippen molar-refractivity contribution in [1.29, 1.82) is 0 Å². The SMILES string of the molecule is CC1(C)CCCC1(O)C#CBr. The van der Waals surface area contributed by atoms with Gasteiger partial charge in [-0.05, 0) is 24.1 Å². The average molecular weight is 217 g/mol. The maximum absolute atomic E-state index is 10.0. The molecule has 1 nitrogen and oxygen atoms in total. The van der Waals surface area contributed by atoms with Crippen molar-refractivity contribution in [3.05, 3.63) is 0 Å². The van der Waals surface area contributed by atoms with E-state index in [9.17, 15) is 5.11 Å². The van der Waals surface area contributed by atoms with Crippen LogP contribution in [0.2, 0.25) is 0 Å². The summed E-state index contributed by atoms with van der Waals surface area (Å²) in [6, 6.07) is 0. The van der Waals surface area contributed by atoms with Gasteiger partial charge in [0.05, 0.1) is 0 Å². The minimum Gasteiger partial charge on any atom is -0.377 e. The lowest BCUT2D eigenvalue weighted by atomic mass is 9.78. The number of rotatable bonds is 0. The molecule has 0 radical (unpaired) electrons. The maximum Gasteiger partial charge on any atom is 0.131 e. The van der Waals surface area contributed by atoms with E-state index in [1.54, 1.807) is 0 Å². The quantitative estimate of drug-likeness (QED) is 0.617. The zero-order valence-electron chi connectivity index (χ0n) is 6.95. The molecule has 0 aromatic carbocycles. The fourth-order valence-electron chi connectivity index (χ4n) is 1.64. The highest BCUT2D eigenvalue weighted by Crippen LogP contribution is 2.45. The van der Waals surface area contributed by atoms with Crippen LogP contribution in [0.3, 0.4) is 0 Å². The zero-order chi connectivity index (χ0) is 8.54. The molecule has 1 aliphatic rings. The Kier molecular flexibility index (Phi) is 2.32. The summed E-state index contributed by atoms with van der Waals surface area (Å²) >= 11 is 3.03. The molecular weight excluding hydrogens is 204 g/mol. The highest BCUT2D eigenvalue weighted by atomic mass is 79.9. The first kappa shape index (κ1) is 9.09. The fraction of sp³-hybridized carbons (Fsp3) is 0.778. The lowest BCUT2D eigenvalue weighted by Crippen LogP contribution is -2.38. The Labute approximate surface area is 76.3 Å². The first-order chi connectivity index (χ1) is 5.02. The van der Waals surface area contributed by atoms with Crippen molar-refractivity contribution < 1.29 is 5.11 Å². The van der Waals surface area contributed by atoms with Crippen LogP contribution in [0.25, 0.3) is 0 Å². The topological polar surface area (TPSA) is 20.2 Å². The molecule has 1 fully saturated rings. The van der Waals surface area contributed by atoms with Gasteiger partial charge in [0.25, 0.3) is 0 Å². The predicted molar refractivity (Wildman–Crippen MR) is 49.3 cm³/mol. The third kappa shape index (κ3) is 1.45. The number of aliphatic hydroxyl groups is 1. The fourth-order valence-corrected chi connectivity index (χ4v) is 1.97. The first-order valence-corrected chi connectivity index (χ1v) is 4.66. The van der Waals surface area contributed by atoms with Crippen LogP contribution in [0.15, 0.2) is 0 Å². The molecule has 0 spiro atoms. The summed E-state index contributed by atoms with van der Waals surface area (Å²) in [5.41, 5.74) is -0.815. The minimum absolute atomic E-state index is 0.0478. The third-order valence-electron chi connectivity index (χ3n) is 2.71. The second kappa shape index (κ2) is 2.80. The van der Waals surface area contributed by atoms with Gasteiger partial charge in [-0.25, -0.2) is 0 Å². The lowest BCUT2D eigenvalue weighted by molar-refractivity contribution is 0.0121. The van der Waals surface area contributed by atoms with E-state index in [0.29, 0.717) is 0 Å². The highest BCUT2D eigenvalue weighted by Gasteiger charge is 2.46. The van der Waals surface area contributed by atoms with Crippen molar-refractivity contribution in [3.63, 3.8) is 0 Å². The van der Waals surface area contributed by atoms with Gasteiger partial charge in [0.1, 0.15) is 5.60 Å². The molecule has 1 aliphatic carbocycles. The van der Waals surface area contributed by atoms with Crippen LogP contribution >= 0.6 is 15.9 Å². The molecule has 0 amide bonds. The number of hydrogen-bond acceptors (Lipinski definition) is 1. The molecule has 62 valence electrons. The number of halogens is 1. The van der Waals surface area contributed by atoms with Crippen molar-refractivity contribution >= 4 is 15.9 Å². The van der Waals surface area contributed by atoms with Crippen LogP contribution in [0.4, 0.5) is 0 Å². The Balaban J connectivity index is 2.90. The van der Waals surface area contributed by atoms with E-state index in [-0.39, 0.29) is 5.41 Å². The van der Waals surface area contributed by atoms with Gasteiger partial charge in [-0.15, -0.1) is 0 Å². The Morgan fingerprint density at radius 2 is 2.00 bits per heavy atom. The zero-order valence-corrected chi connectivity index (χ0v) is 8.53. The molecule has 1 N–H and O–H groups in total. The van der Waals surface area contributed by atoms with Gasteiger partial charge < -0.3 is 5.11 Å². The van der Waals surface area contributed by atoms with E-state index in [1.165, 1.54) is 0 Å². The van der Waals surface area contributed by atoms with Crippen LogP contribution in [0.1, 0.15) is 33.1 Å². The molecule has 1 atom stereocenters. The highest BCUT2D eigenvalue weighted by molar-refractivity contribution is 9.12. The molecule has 0 saturated heterocycles. The van der Waals surface area contributed by atoms with Crippen LogP contribution in [0.5, 0.6) is 0 Å². The van der Waals surface area contributed by atoms with Crippen LogP contribution in [0, 0.1) is 16.2 Å². The van der Waals surface area contributed by atoms with Crippen molar-refractivity contribution in [3.8, 4) is 10.8 Å². The first-order valence-electron chi connectivity index (χ1n) is 3.87. The molecular formula is C9H13BrO. The molecule has 0 aromatic rings.